The Bertz CT molecular complexity index is 1060. The number of nitrogens with one attached hydrogen (secondary N) is 1. The van der Waals surface area contributed by atoms with E-state index in [0.717, 1.165) is 28.1 Å². The van der Waals surface area contributed by atoms with Crippen molar-refractivity contribution in [3.8, 4) is 5.75 Å². The van der Waals surface area contributed by atoms with Crippen molar-refractivity contribution >= 4 is 60.0 Å². The molecule has 0 spiro atoms. The molecule has 3 rings (SSSR count). The second kappa shape index (κ2) is 7.97. The van der Waals surface area contributed by atoms with Crippen LogP contribution in [0.15, 0.2) is 51.5 Å². The van der Waals surface area contributed by atoms with Crippen LogP contribution in [-0.2, 0) is 4.79 Å². The first kappa shape index (κ1) is 19.2. The van der Waals surface area contributed by atoms with E-state index in [9.17, 15) is 19.3 Å². The Morgan fingerprint density at radius 1 is 1.26 bits per heavy atom. The van der Waals surface area contributed by atoms with Crippen LogP contribution in [0.25, 0.3) is 10.9 Å². The molecule has 10 heteroatoms. The molecule has 0 aliphatic carbocycles. The first-order valence-electron chi connectivity index (χ1n) is 7.46. The molecule has 1 heterocycles. The molecule has 1 N–H and O–H groups in total. The van der Waals surface area contributed by atoms with Gasteiger partial charge in [-0.2, -0.15) is 0 Å². The zero-order chi connectivity index (χ0) is 19.6. The van der Waals surface area contributed by atoms with Gasteiger partial charge in [0.2, 0.25) is 0 Å². The molecular formula is C17H10Br2FN3O4. The normalized spacial score (nSPS) is 10.6. The summed E-state index contributed by atoms with van der Waals surface area (Å²) in [5.74, 6) is -1.11. The Kier molecular flexibility index (Phi) is 5.66. The van der Waals surface area contributed by atoms with E-state index in [-0.39, 0.29) is 11.4 Å². The number of hydrogen-bond acceptors (Lipinski definition) is 5. The third-order valence-corrected chi connectivity index (χ3v) is 4.78. The Hall–Kier alpha value is -2.59. The average Bonchev–Trinajstić information content (AvgIpc) is 2.63. The topological polar surface area (TPSA) is 94.4 Å². The molecule has 0 fully saturated rings. The predicted octanol–water partition coefficient (Wildman–Crippen LogP) is 4.82. The van der Waals surface area contributed by atoms with Crippen molar-refractivity contribution in [2.45, 2.75) is 0 Å². The van der Waals surface area contributed by atoms with Crippen molar-refractivity contribution in [3.63, 3.8) is 0 Å². The number of nitrogens with zero attached hydrogens (tertiary/aromatic N) is 2. The van der Waals surface area contributed by atoms with Gasteiger partial charge in [-0.1, -0.05) is 22.0 Å². The van der Waals surface area contributed by atoms with Gasteiger partial charge in [-0.25, -0.2) is 4.39 Å². The molecule has 1 aromatic heterocycles. The minimum absolute atomic E-state index is 0.296. The molecule has 0 radical (unpaired) electrons. The van der Waals surface area contributed by atoms with Crippen LogP contribution < -0.4 is 10.1 Å². The van der Waals surface area contributed by atoms with Crippen LogP contribution in [-0.4, -0.2) is 22.4 Å². The summed E-state index contributed by atoms with van der Waals surface area (Å²) in [6.45, 7) is -0.436. The van der Waals surface area contributed by atoms with Crippen molar-refractivity contribution < 1.29 is 18.8 Å². The van der Waals surface area contributed by atoms with Gasteiger partial charge in [-0.3, -0.25) is 19.9 Å². The van der Waals surface area contributed by atoms with Gasteiger partial charge >= 0.3 is 0 Å². The minimum Gasteiger partial charge on any atom is -0.480 e. The molecule has 0 unspecified atom stereocenters. The Labute approximate surface area is 168 Å². The van der Waals surface area contributed by atoms with Gasteiger partial charge in [0.1, 0.15) is 11.3 Å². The second-order valence-electron chi connectivity index (χ2n) is 5.33. The second-order valence-corrected chi connectivity index (χ2v) is 7.04. The predicted molar refractivity (Wildman–Crippen MR) is 104 cm³/mol. The summed E-state index contributed by atoms with van der Waals surface area (Å²) in [4.78, 5) is 26.5. The van der Waals surface area contributed by atoms with E-state index in [1.807, 2.05) is 6.07 Å². The maximum absolute atomic E-state index is 13.8. The van der Waals surface area contributed by atoms with Crippen LogP contribution in [0.1, 0.15) is 0 Å². The molecule has 1 amide bonds. The maximum Gasteiger partial charge on any atom is 0.271 e. The van der Waals surface area contributed by atoms with Crippen molar-refractivity contribution in [1.82, 2.24) is 4.98 Å². The van der Waals surface area contributed by atoms with E-state index in [1.165, 1.54) is 0 Å². The highest BCUT2D eigenvalue weighted by atomic mass is 79.9. The number of hydrogen-bond donors (Lipinski definition) is 1. The van der Waals surface area contributed by atoms with Crippen LogP contribution in [0.4, 0.5) is 15.8 Å². The van der Waals surface area contributed by atoms with E-state index in [1.54, 1.807) is 18.3 Å². The SMILES string of the molecule is O=C(COc1c(Br)cc(Br)c2cccnc12)Nc1cc([N+](=O)[O-])ccc1F. The summed E-state index contributed by atoms with van der Waals surface area (Å²) < 4.78 is 20.7. The highest BCUT2D eigenvalue weighted by Crippen LogP contribution is 2.37. The lowest BCUT2D eigenvalue weighted by Gasteiger charge is -2.12. The highest BCUT2D eigenvalue weighted by Gasteiger charge is 2.16. The van der Waals surface area contributed by atoms with Crippen molar-refractivity contribution in [2.75, 3.05) is 11.9 Å². The Morgan fingerprint density at radius 2 is 2.04 bits per heavy atom. The number of nitro groups is 1. The van der Waals surface area contributed by atoms with Crippen LogP contribution in [0.5, 0.6) is 5.75 Å². The van der Waals surface area contributed by atoms with Gasteiger partial charge in [0.05, 0.1) is 15.1 Å². The number of aromatic nitrogens is 1. The number of benzene rings is 2. The molecule has 27 heavy (non-hydrogen) atoms. The fourth-order valence-corrected chi connectivity index (χ4v) is 3.72. The Morgan fingerprint density at radius 3 is 2.78 bits per heavy atom. The molecule has 3 aromatic rings. The summed E-state index contributed by atoms with van der Waals surface area (Å²) in [7, 11) is 0. The maximum atomic E-state index is 13.8. The highest BCUT2D eigenvalue weighted by molar-refractivity contribution is 9.11. The van der Waals surface area contributed by atoms with Crippen molar-refractivity contribution in [2.24, 2.45) is 0 Å². The zero-order valence-corrected chi connectivity index (χ0v) is 16.6. The van der Waals surface area contributed by atoms with E-state index in [2.05, 4.69) is 42.2 Å². The van der Waals surface area contributed by atoms with Crippen LogP contribution in [0, 0.1) is 15.9 Å². The van der Waals surface area contributed by atoms with Crippen molar-refractivity contribution in [3.05, 3.63) is 67.5 Å². The number of nitro benzene ring substituents is 1. The lowest BCUT2D eigenvalue weighted by Crippen LogP contribution is -2.21. The summed E-state index contributed by atoms with van der Waals surface area (Å²) >= 11 is 6.79. The molecular weight excluding hydrogens is 489 g/mol. The average molecular weight is 499 g/mol. The number of ether oxygens (including phenoxy) is 1. The van der Waals surface area contributed by atoms with Gasteiger partial charge in [0, 0.05) is 28.2 Å². The van der Waals surface area contributed by atoms with Gasteiger partial charge < -0.3 is 10.1 Å². The first-order chi connectivity index (χ1) is 12.9. The van der Waals surface area contributed by atoms with E-state index < -0.39 is 23.3 Å². The smallest absolute Gasteiger partial charge is 0.271 e. The fourth-order valence-electron chi connectivity index (χ4n) is 2.33. The molecule has 0 atom stereocenters. The third kappa shape index (κ3) is 4.22. The van der Waals surface area contributed by atoms with Crippen LogP contribution >= 0.6 is 31.9 Å². The lowest BCUT2D eigenvalue weighted by molar-refractivity contribution is -0.384. The summed E-state index contributed by atoms with van der Waals surface area (Å²) in [6.07, 6.45) is 1.59. The van der Waals surface area contributed by atoms with Crippen LogP contribution in [0.3, 0.4) is 0 Å². The summed E-state index contributed by atoms with van der Waals surface area (Å²) in [5, 5.41) is 13.8. The van der Waals surface area contributed by atoms with Gasteiger partial charge in [-0.05, 0) is 34.1 Å². The number of rotatable bonds is 5. The number of halogens is 3. The Balaban J connectivity index is 1.78. The number of amides is 1. The molecule has 2 aromatic carbocycles. The van der Waals surface area contributed by atoms with Gasteiger partial charge in [-0.15, -0.1) is 0 Å². The summed E-state index contributed by atoms with van der Waals surface area (Å²) in [6, 6.07) is 8.24. The molecule has 0 aliphatic rings. The van der Waals surface area contributed by atoms with Gasteiger partial charge in [0.15, 0.2) is 12.4 Å². The van der Waals surface area contributed by atoms with Crippen molar-refractivity contribution in [1.29, 1.82) is 0 Å². The molecule has 0 saturated carbocycles. The molecule has 7 nitrogen and oxygen atoms in total. The number of carbonyl (C=O) groups excluding carboxylic acids is 1. The molecule has 138 valence electrons. The minimum atomic E-state index is -0.786. The third-order valence-electron chi connectivity index (χ3n) is 3.53. The summed E-state index contributed by atoms with van der Waals surface area (Å²) in [5.41, 5.74) is -0.0952. The monoisotopic (exact) mass is 497 g/mol. The quantitative estimate of drug-likeness (QED) is 0.401. The number of fused-ring (bicyclic) bond motifs is 1. The van der Waals surface area contributed by atoms with Gasteiger partial charge in [0.25, 0.3) is 11.6 Å². The number of carbonyl (C=O) groups is 1. The first-order valence-corrected chi connectivity index (χ1v) is 9.04. The molecule has 0 bridgehead atoms. The standard InChI is InChI=1S/C17H10Br2FN3O4/c18-11-7-12(19)17(16-10(11)2-1-5-21-16)27-8-15(24)22-14-6-9(23(25)26)3-4-13(14)20/h1-7H,8H2,(H,22,24). The molecule has 0 aliphatic heterocycles. The largest absolute Gasteiger partial charge is 0.480 e. The molecule has 0 saturated heterocycles. The lowest BCUT2D eigenvalue weighted by atomic mass is 10.2. The van der Waals surface area contributed by atoms with Crippen LogP contribution in [0.2, 0.25) is 0 Å². The number of pyridine rings is 1. The fraction of sp³-hybridized carbons (Fsp3) is 0.0588. The number of anilines is 1. The van der Waals surface area contributed by atoms with E-state index in [4.69, 9.17) is 4.74 Å². The number of non-ortho nitro benzene ring substituents is 1. The van der Waals surface area contributed by atoms with E-state index >= 15 is 0 Å². The van der Waals surface area contributed by atoms with E-state index in [0.29, 0.717) is 15.7 Å². The zero-order valence-electron chi connectivity index (χ0n) is 13.4.